The number of methoxy groups -OCH3 is 1. The maximum atomic E-state index is 13.9. The monoisotopic (exact) mass is 509 g/mol. The standard InChI is InChI=1S/C24H26Cl2FN3O4/c1-12-8-13(2)28-22(31)17(12)11-30-7-5-15-18(25)9-16(20(26)19(15)23(30)32)21(24(33)34-3)29-6-4-14(27)10-29/h8-9,14,21H,4-7,10-11H2,1-3H3,(H,28,31). The van der Waals surface area contributed by atoms with E-state index in [0.29, 0.717) is 47.6 Å². The summed E-state index contributed by atoms with van der Waals surface area (Å²) in [5.74, 6) is -0.975. The molecule has 0 radical (unpaired) electrons. The number of fused-ring (bicyclic) bond motifs is 1. The second kappa shape index (κ2) is 9.68. The molecule has 1 fully saturated rings. The Labute approximate surface area is 206 Å². The number of alkyl halides is 1. The molecule has 2 unspecified atom stereocenters. The molecule has 1 N–H and O–H groups in total. The van der Waals surface area contributed by atoms with Gasteiger partial charge < -0.3 is 14.6 Å². The maximum Gasteiger partial charge on any atom is 0.327 e. The summed E-state index contributed by atoms with van der Waals surface area (Å²) < 4.78 is 18.9. The highest BCUT2D eigenvalue weighted by molar-refractivity contribution is 6.37. The third kappa shape index (κ3) is 4.46. The Morgan fingerprint density at radius 3 is 2.62 bits per heavy atom. The minimum atomic E-state index is -1.06. The van der Waals surface area contributed by atoms with E-state index in [4.69, 9.17) is 27.9 Å². The van der Waals surface area contributed by atoms with Crippen LogP contribution in [0.15, 0.2) is 16.9 Å². The number of hydrogen-bond donors (Lipinski definition) is 1. The Morgan fingerprint density at radius 1 is 1.26 bits per heavy atom. The molecular weight excluding hydrogens is 484 g/mol. The van der Waals surface area contributed by atoms with E-state index in [9.17, 15) is 18.8 Å². The number of carbonyl (C=O) groups is 2. The lowest BCUT2D eigenvalue weighted by molar-refractivity contribution is -0.147. The number of pyridine rings is 1. The predicted octanol–water partition coefficient (Wildman–Crippen LogP) is 3.75. The van der Waals surface area contributed by atoms with Gasteiger partial charge in [0.2, 0.25) is 0 Å². The molecule has 0 bridgehead atoms. The van der Waals surface area contributed by atoms with Gasteiger partial charge in [-0.15, -0.1) is 0 Å². The highest BCUT2D eigenvalue weighted by Crippen LogP contribution is 2.40. The van der Waals surface area contributed by atoms with Gasteiger partial charge in [-0.2, -0.15) is 0 Å². The summed E-state index contributed by atoms with van der Waals surface area (Å²) in [5, 5.41) is 0.415. The van der Waals surface area contributed by atoms with Crippen LogP contribution in [-0.4, -0.2) is 59.6 Å². The number of carbonyl (C=O) groups excluding carboxylic acids is 2. The number of nitrogens with one attached hydrogen (secondary N) is 1. The van der Waals surface area contributed by atoms with Gasteiger partial charge in [0.1, 0.15) is 12.2 Å². The molecule has 2 aromatic rings. The highest BCUT2D eigenvalue weighted by Gasteiger charge is 2.39. The van der Waals surface area contributed by atoms with E-state index in [1.807, 2.05) is 13.0 Å². The summed E-state index contributed by atoms with van der Waals surface area (Å²) in [7, 11) is 1.25. The van der Waals surface area contributed by atoms with Crippen LogP contribution < -0.4 is 5.56 Å². The van der Waals surface area contributed by atoms with Crippen LogP contribution in [0.2, 0.25) is 10.0 Å². The van der Waals surface area contributed by atoms with Crippen LogP contribution >= 0.6 is 23.2 Å². The van der Waals surface area contributed by atoms with Crippen LogP contribution in [0.3, 0.4) is 0 Å². The van der Waals surface area contributed by atoms with Crippen LogP contribution in [0.4, 0.5) is 4.39 Å². The fourth-order valence-electron chi connectivity index (χ4n) is 4.84. The average molecular weight is 510 g/mol. The molecule has 2 atom stereocenters. The molecule has 0 aliphatic carbocycles. The van der Waals surface area contributed by atoms with E-state index >= 15 is 0 Å². The number of H-pyrrole nitrogens is 1. The van der Waals surface area contributed by atoms with E-state index < -0.39 is 18.2 Å². The van der Waals surface area contributed by atoms with Crippen molar-refractivity contribution in [1.29, 1.82) is 0 Å². The summed E-state index contributed by atoms with van der Waals surface area (Å²) >= 11 is 13.3. The summed E-state index contributed by atoms with van der Waals surface area (Å²) in [4.78, 5) is 44.7. The minimum Gasteiger partial charge on any atom is -0.468 e. The number of esters is 1. The smallest absolute Gasteiger partial charge is 0.327 e. The summed E-state index contributed by atoms with van der Waals surface area (Å²) in [6.07, 6.45) is -0.324. The molecule has 7 nitrogen and oxygen atoms in total. The molecule has 10 heteroatoms. The van der Waals surface area contributed by atoms with Crippen LogP contribution in [0, 0.1) is 13.8 Å². The number of halogens is 3. The SMILES string of the molecule is COC(=O)C(c1cc(Cl)c2c(c1Cl)C(=O)N(Cc1c(C)cc(C)[nH]c1=O)CC2)N1CCC(F)C1. The second-order valence-corrected chi connectivity index (χ2v) is 9.63. The molecule has 2 aliphatic heterocycles. The maximum absolute atomic E-state index is 13.9. The fraction of sp³-hybridized carbons (Fsp3) is 0.458. The van der Waals surface area contributed by atoms with E-state index in [0.717, 1.165) is 11.3 Å². The van der Waals surface area contributed by atoms with Crippen LogP contribution in [-0.2, 0) is 22.5 Å². The Balaban J connectivity index is 1.74. The van der Waals surface area contributed by atoms with Crippen molar-refractivity contribution in [2.24, 2.45) is 0 Å². The molecule has 1 amide bonds. The number of ether oxygens (including phenoxy) is 1. The average Bonchev–Trinajstić information content (AvgIpc) is 3.20. The van der Waals surface area contributed by atoms with Crippen LogP contribution in [0.5, 0.6) is 0 Å². The van der Waals surface area contributed by atoms with Gasteiger partial charge in [0.15, 0.2) is 0 Å². The zero-order valence-corrected chi connectivity index (χ0v) is 20.7. The predicted molar refractivity (Wildman–Crippen MR) is 127 cm³/mol. The number of benzene rings is 1. The molecule has 1 aromatic heterocycles. The second-order valence-electron chi connectivity index (χ2n) is 8.84. The first kappa shape index (κ1) is 24.7. The van der Waals surface area contributed by atoms with Crippen molar-refractivity contribution in [3.8, 4) is 0 Å². The summed E-state index contributed by atoms with van der Waals surface area (Å²) in [5.41, 5.74) is 2.91. The van der Waals surface area contributed by atoms with Crippen molar-refractivity contribution < 1.29 is 18.7 Å². The van der Waals surface area contributed by atoms with Gasteiger partial charge in [-0.25, -0.2) is 9.18 Å². The first-order chi connectivity index (χ1) is 16.1. The molecule has 0 saturated carbocycles. The Bertz CT molecular complexity index is 1220. The normalized spacial score (nSPS) is 19.3. The van der Waals surface area contributed by atoms with Crippen molar-refractivity contribution in [2.75, 3.05) is 26.7 Å². The van der Waals surface area contributed by atoms with Gasteiger partial charge >= 0.3 is 5.97 Å². The van der Waals surface area contributed by atoms with E-state index in [2.05, 4.69) is 4.98 Å². The number of likely N-dealkylation sites (tertiary alicyclic amines) is 1. The van der Waals surface area contributed by atoms with Gasteiger partial charge in [0.25, 0.3) is 11.5 Å². The molecule has 182 valence electrons. The third-order valence-electron chi connectivity index (χ3n) is 6.57. The highest BCUT2D eigenvalue weighted by atomic mass is 35.5. The molecule has 2 aliphatic rings. The Kier molecular flexibility index (Phi) is 7.03. The number of aryl methyl sites for hydroxylation is 2. The molecule has 34 heavy (non-hydrogen) atoms. The number of aromatic nitrogens is 1. The Hall–Kier alpha value is -2.42. The van der Waals surface area contributed by atoms with Gasteiger partial charge in [-0.05, 0) is 49.9 Å². The molecular formula is C24H26Cl2FN3O4. The largest absolute Gasteiger partial charge is 0.468 e. The van der Waals surface area contributed by atoms with Crippen LogP contribution in [0.1, 0.15) is 50.8 Å². The fourth-order valence-corrected chi connectivity index (χ4v) is 5.50. The van der Waals surface area contributed by atoms with Gasteiger partial charge in [-0.1, -0.05) is 23.2 Å². The van der Waals surface area contributed by atoms with Gasteiger partial charge in [-0.3, -0.25) is 14.5 Å². The van der Waals surface area contributed by atoms with Crippen molar-refractivity contribution >= 4 is 35.1 Å². The van der Waals surface area contributed by atoms with Crippen molar-refractivity contribution in [3.05, 3.63) is 66.0 Å². The molecule has 3 heterocycles. The summed E-state index contributed by atoms with van der Waals surface area (Å²) in [6.45, 7) is 4.52. The van der Waals surface area contributed by atoms with Gasteiger partial charge in [0, 0.05) is 41.5 Å². The van der Waals surface area contributed by atoms with Crippen molar-refractivity contribution in [2.45, 2.75) is 45.4 Å². The molecule has 1 aromatic carbocycles. The zero-order chi connectivity index (χ0) is 24.7. The lowest BCUT2D eigenvalue weighted by Crippen LogP contribution is -2.40. The number of amides is 1. The van der Waals surface area contributed by atoms with E-state index in [1.54, 1.807) is 22.8 Å². The number of rotatable bonds is 5. The van der Waals surface area contributed by atoms with Crippen LogP contribution in [0.25, 0.3) is 0 Å². The number of nitrogens with zero attached hydrogens (tertiary/aromatic N) is 2. The molecule has 0 spiro atoms. The number of aromatic amines is 1. The molecule has 1 saturated heterocycles. The van der Waals surface area contributed by atoms with E-state index in [1.165, 1.54) is 7.11 Å². The van der Waals surface area contributed by atoms with E-state index in [-0.39, 0.29) is 35.1 Å². The zero-order valence-electron chi connectivity index (χ0n) is 19.2. The lowest BCUT2D eigenvalue weighted by Gasteiger charge is -2.32. The number of hydrogen-bond acceptors (Lipinski definition) is 5. The van der Waals surface area contributed by atoms with Crippen molar-refractivity contribution in [1.82, 2.24) is 14.8 Å². The quantitative estimate of drug-likeness (QED) is 0.620. The third-order valence-corrected chi connectivity index (χ3v) is 7.31. The topological polar surface area (TPSA) is 82.7 Å². The summed E-state index contributed by atoms with van der Waals surface area (Å²) in [6, 6.07) is 2.45. The minimum absolute atomic E-state index is 0.0559. The van der Waals surface area contributed by atoms with Crippen molar-refractivity contribution in [3.63, 3.8) is 0 Å². The molecule has 4 rings (SSSR count). The Morgan fingerprint density at radius 2 is 2.00 bits per heavy atom. The first-order valence-electron chi connectivity index (χ1n) is 11.1. The van der Waals surface area contributed by atoms with Gasteiger partial charge in [0.05, 0.1) is 24.2 Å². The first-order valence-corrected chi connectivity index (χ1v) is 11.8. The lowest BCUT2D eigenvalue weighted by atomic mass is 9.93.